The lowest BCUT2D eigenvalue weighted by Crippen LogP contribution is -1.92. The van der Waals surface area contributed by atoms with Gasteiger partial charge in [-0.2, -0.15) is 0 Å². The monoisotopic (exact) mass is 194 g/mol. The largest absolute Gasteiger partial charge is 0.494 e. The Morgan fingerprint density at radius 1 is 1.55 bits per heavy atom. The molecule has 1 aromatic rings. The molecule has 2 N–H and O–H groups in total. The van der Waals surface area contributed by atoms with Gasteiger partial charge in [0.05, 0.1) is 7.11 Å². The number of nitrogens with two attached hydrogens (primary N) is 1. The number of hydrogen-bond acceptors (Lipinski definition) is 3. The average molecular weight is 195 g/mol. The fraction of sp³-hybridized carbons (Fsp3) is 0.167. The van der Waals surface area contributed by atoms with Gasteiger partial charge in [0.2, 0.25) is 0 Å². The highest BCUT2D eigenvalue weighted by Gasteiger charge is 1.99. The van der Waals surface area contributed by atoms with Crippen molar-refractivity contribution < 1.29 is 4.74 Å². The summed E-state index contributed by atoms with van der Waals surface area (Å²) in [6, 6.07) is 3.30. The molecular weight excluding hydrogens is 187 g/mol. The number of nitrogens with zero attached hydrogens (tertiary/aromatic N) is 1. The van der Waals surface area contributed by atoms with Gasteiger partial charge in [0, 0.05) is 0 Å². The topological polar surface area (TPSA) is 48.1 Å². The number of aromatic nitrogens is 1. The third-order valence-electron chi connectivity index (χ3n) is 1.06. The van der Waals surface area contributed by atoms with Crippen molar-refractivity contribution in [1.82, 2.24) is 4.98 Å². The molecule has 0 aromatic carbocycles. The van der Waals surface area contributed by atoms with Crippen molar-refractivity contribution in [2.45, 2.75) is 0 Å². The Bertz CT molecular complexity index is 242. The maximum Gasteiger partial charge on any atom is 0.173 e. The second kappa shape index (κ2) is 4.26. The third-order valence-corrected chi connectivity index (χ3v) is 1.33. The van der Waals surface area contributed by atoms with Crippen molar-refractivity contribution in [2.24, 2.45) is 0 Å². The second-order valence-electron chi connectivity index (χ2n) is 1.73. The molecule has 0 fully saturated rings. The van der Waals surface area contributed by atoms with E-state index >= 15 is 0 Å². The predicted octanol–water partition coefficient (Wildman–Crippen LogP) is 1.75. The van der Waals surface area contributed by atoms with Crippen LogP contribution in [0.1, 0.15) is 0 Å². The number of methoxy groups -OCH3 is 1. The quantitative estimate of drug-likeness (QED) is 0.694. The van der Waals surface area contributed by atoms with E-state index in [2.05, 4.69) is 4.98 Å². The molecule has 1 aromatic heterocycles. The summed E-state index contributed by atoms with van der Waals surface area (Å²) in [5.74, 6) is 0.932. The molecule has 0 aliphatic heterocycles. The van der Waals surface area contributed by atoms with Crippen molar-refractivity contribution in [2.75, 3.05) is 12.8 Å². The van der Waals surface area contributed by atoms with Crippen LogP contribution in [-0.2, 0) is 0 Å². The van der Waals surface area contributed by atoms with Gasteiger partial charge >= 0.3 is 0 Å². The minimum Gasteiger partial charge on any atom is -0.494 e. The molecule has 1 rings (SSSR count). The van der Waals surface area contributed by atoms with E-state index < -0.39 is 0 Å². The lowest BCUT2D eigenvalue weighted by molar-refractivity contribution is 0.413. The molecule has 0 aliphatic carbocycles. The molecule has 0 amide bonds. The summed E-state index contributed by atoms with van der Waals surface area (Å²) < 4.78 is 4.85. The lowest BCUT2D eigenvalue weighted by Gasteiger charge is -2.00. The normalized spacial score (nSPS) is 8.55. The number of ether oxygens (including phenoxy) is 1. The molecule has 62 valence electrons. The molecule has 0 aliphatic rings. The van der Waals surface area contributed by atoms with Crippen molar-refractivity contribution in [3.63, 3.8) is 0 Å². The number of halogens is 2. The molecule has 0 spiro atoms. The van der Waals surface area contributed by atoms with Gasteiger partial charge in [0.25, 0.3) is 0 Å². The summed E-state index contributed by atoms with van der Waals surface area (Å²) >= 11 is 5.61. The summed E-state index contributed by atoms with van der Waals surface area (Å²) in [6.45, 7) is 0. The van der Waals surface area contributed by atoms with Crippen LogP contribution in [0.3, 0.4) is 0 Å². The summed E-state index contributed by atoms with van der Waals surface area (Å²) in [6.07, 6.45) is 0. The molecule has 5 heteroatoms. The zero-order valence-corrected chi connectivity index (χ0v) is 7.45. The maximum absolute atomic E-state index is 5.61. The fourth-order valence-corrected chi connectivity index (χ4v) is 0.826. The summed E-state index contributed by atoms with van der Waals surface area (Å²) in [5, 5.41) is 0.294. The molecule has 0 unspecified atom stereocenters. The molecular formula is C6H8Cl2N2O. The molecule has 0 saturated heterocycles. The molecule has 11 heavy (non-hydrogen) atoms. The van der Waals surface area contributed by atoms with Crippen LogP contribution in [0.5, 0.6) is 5.75 Å². The predicted molar refractivity (Wildman–Crippen MR) is 47.5 cm³/mol. The first kappa shape index (κ1) is 10.3. The highest BCUT2D eigenvalue weighted by Crippen LogP contribution is 2.21. The first-order chi connectivity index (χ1) is 4.74. The van der Waals surface area contributed by atoms with Crippen LogP contribution in [0.25, 0.3) is 0 Å². The van der Waals surface area contributed by atoms with E-state index in [9.17, 15) is 0 Å². The van der Waals surface area contributed by atoms with Crippen LogP contribution in [0, 0.1) is 0 Å². The van der Waals surface area contributed by atoms with Gasteiger partial charge in [-0.3, -0.25) is 0 Å². The zero-order chi connectivity index (χ0) is 7.56. The van der Waals surface area contributed by atoms with Crippen LogP contribution in [0.4, 0.5) is 5.82 Å². The first-order valence-corrected chi connectivity index (χ1v) is 3.08. The fourth-order valence-electron chi connectivity index (χ4n) is 0.588. The van der Waals surface area contributed by atoms with Crippen LogP contribution in [-0.4, -0.2) is 12.1 Å². The first-order valence-electron chi connectivity index (χ1n) is 2.70. The van der Waals surface area contributed by atoms with Crippen molar-refractivity contribution >= 4 is 29.8 Å². The minimum absolute atomic E-state index is 0. The third kappa shape index (κ3) is 2.44. The molecule has 0 atom stereocenters. The van der Waals surface area contributed by atoms with Crippen LogP contribution in [0.15, 0.2) is 12.1 Å². The standard InChI is InChI=1S/C6H7ClN2O.ClH/c1-10-4-2-3-5(8)9-6(4)7;/h2-3H,1H3,(H2,8,9);1H. The number of rotatable bonds is 1. The van der Waals surface area contributed by atoms with Gasteiger partial charge in [-0.05, 0) is 12.1 Å². The number of anilines is 1. The SMILES string of the molecule is COc1ccc(N)nc1Cl.Cl. The summed E-state index contributed by atoms with van der Waals surface area (Å²) in [7, 11) is 1.53. The van der Waals surface area contributed by atoms with E-state index in [1.807, 2.05) is 0 Å². The number of hydrogen-bond donors (Lipinski definition) is 1. The molecule has 0 bridgehead atoms. The van der Waals surface area contributed by atoms with E-state index in [0.29, 0.717) is 16.7 Å². The minimum atomic E-state index is 0. The van der Waals surface area contributed by atoms with Crippen LogP contribution in [0.2, 0.25) is 5.15 Å². The van der Waals surface area contributed by atoms with E-state index in [-0.39, 0.29) is 12.4 Å². The van der Waals surface area contributed by atoms with E-state index in [1.54, 1.807) is 12.1 Å². The average Bonchev–Trinajstić information content (AvgIpc) is 1.88. The highest BCUT2D eigenvalue weighted by molar-refractivity contribution is 6.30. The number of pyridine rings is 1. The van der Waals surface area contributed by atoms with Gasteiger partial charge in [0.1, 0.15) is 5.82 Å². The smallest absolute Gasteiger partial charge is 0.173 e. The Balaban J connectivity index is 0.000001000. The lowest BCUT2D eigenvalue weighted by atomic mass is 10.4. The Hall–Kier alpha value is -0.670. The van der Waals surface area contributed by atoms with E-state index in [0.717, 1.165) is 0 Å². The summed E-state index contributed by atoms with van der Waals surface area (Å²) in [5.41, 5.74) is 5.33. The highest BCUT2D eigenvalue weighted by atomic mass is 35.5. The van der Waals surface area contributed by atoms with Gasteiger partial charge < -0.3 is 10.5 Å². The van der Waals surface area contributed by atoms with Crippen molar-refractivity contribution in [1.29, 1.82) is 0 Å². The van der Waals surface area contributed by atoms with E-state index in [4.69, 9.17) is 22.1 Å². The summed E-state index contributed by atoms with van der Waals surface area (Å²) in [4.78, 5) is 3.76. The Labute approximate surface area is 75.9 Å². The Morgan fingerprint density at radius 2 is 2.18 bits per heavy atom. The maximum atomic E-state index is 5.61. The van der Waals surface area contributed by atoms with Gasteiger partial charge in [-0.25, -0.2) is 4.98 Å². The second-order valence-corrected chi connectivity index (χ2v) is 2.09. The number of nitrogen functional groups attached to an aromatic ring is 1. The Morgan fingerprint density at radius 3 is 2.64 bits per heavy atom. The van der Waals surface area contributed by atoms with Crippen LogP contribution < -0.4 is 10.5 Å². The molecule has 3 nitrogen and oxygen atoms in total. The molecule has 0 radical (unpaired) electrons. The van der Waals surface area contributed by atoms with Gasteiger partial charge in [-0.1, -0.05) is 11.6 Å². The van der Waals surface area contributed by atoms with Gasteiger partial charge in [-0.15, -0.1) is 12.4 Å². The zero-order valence-electron chi connectivity index (χ0n) is 5.87. The molecule has 1 heterocycles. The van der Waals surface area contributed by atoms with Crippen molar-refractivity contribution in [3.05, 3.63) is 17.3 Å². The van der Waals surface area contributed by atoms with E-state index in [1.165, 1.54) is 7.11 Å². The van der Waals surface area contributed by atoms with Gasteiger partial charge in [0.15, 0.2) is 10.9 Å². The molecule has 0 saturated carbocycles. The van der Waals surface area contributed by atoms with Crippen molar-refractivity contribution in [3.8, 4) is 5.75 Å². The Kier molecular flexibility index (Phi) is 4.00. The van der Waals surface area contributed by atoms with Crippen LogP contribution >= 0.6 is 24.0 Å².